The third-order valence-corrected chi connectivity index (χ3v) is 2.86. The first-order chi connectivity index (χ1) is 8.78. The van der Waals surface area contributed by atoms with Gasteiger partial charge in [0.25, 0.3) is 5.78 Å². The van der Waals surface area contributed by atoms with E-state index in [0.717, 1.165) is 5.56 Å². The predicted molar refractivity (Wildman–Crippen MR) is 68.0 cm³/mol. The maximum absolute atomic E-state index is 5.80. The van der Waals surface area contributed by atoms with Crippen LogP contribution in [0.1, 0.15) is 0 Å². The molecule has 3 heterocycles. The molecule has 0 spiro atoms. The summed E-state index contributed by atoms with van der Waals surface area (Å²) in [6.45, 7) is 0. The molecule has 0 fully saturated rings. The molecular weight excluding hydrogens is 250 g/mol. The molecule has 0 aliphatic heterocycles. The molecule has 0 bridgehead atoms. The molecule has 0 saturated carbocycles. The molecular formula is C10H9N7S. The number of pyridine rings is 1. The van der Waals surface area contributed by atoms with Crippen LogP contribution >= 0.6 is 11.8 Å². The highest BCUT2D eigenvalue weighted by atomic mass is 32.2. The maximum Gasteiger partial charge on any atom is 0.258 e. The van der Waals surface area contributed by atoms with Crippen LogP contribution in [-0.2, 0) is 0 Å². The zero-order valence-electron chi connectivity index (χ0n) is 9.48. The molecule has 0 aliphatic rings. The topological polar surface area (TPSA) is 94.9 Å². The largest absolute Gasteiger partial charge is 0.368 e. The van der Waals surface area contributed by atoms with Gasteiger partial charge in [-0.05, 0) is 18.4 Å². The van der Waals surface area contributed by atoms with Gasteiger partial charge in [0.2, 0.25) is 5.95 Å². The minimum Gasteiger partial charge on any atom is -0.368 e. The second kappa shape index (κ2) is 4.22. The van der Waals surface area contributed by atoms with E-state index in [2.05, 4.69) is 25.0 Å². The van der Waals surface area contributed by atoms with E-state index in [0.29, 0.717) is 16.8 Å². The average molecular weight is 259 g/mol. The average Bonchev–Trinajstić information content (AvgIpc) is 2.84. The molecule has 0 amide bonds. The molecule has 0 aromatic carbocycles. The number of thioether (sulfide) groups is 1. The van der Waals surface area contributed by atoms with E-state index in [1.165, 1.54) is 16.3 Å². The van der Waals surface area contributed by atoms with Crippen molar-refractivity contribution < 1.29 is 0 Å². The van der Waals surface area contributed by atoms with E-state index in [1.807, 2.05) is 18.4 Å². The number of fused-ring (bicyclic) bond motifs is 1. The van der Waals surface area contributed by atoms with Gasteiger partial charge in [0, 0.05) is 18.0 Å². The molecule has 2 N–H and O–H groups in total. The highest BCUT2D eigenvalue weighted by molar-refractivity contribution is 7.98. The van der Waals surface area contributed by atoms with Crippen molar-refractivity contribution in [2.45, 2.75) is 5.16 Å². The number of aromatic nitrogens is 6. The van der Waals surface area contributed by atoms with Crippen molar-refractivity contribution in [3.05, 3.63) is 24.5 Å². The highest BCUT2D eigenvalue weighted by Crippen LogP contribution is 2.17. The molecule has 0 aliphatic carbocycles. The Hall–Kier alpha value is -2.22. The number of anilines is 1. The molecule has 0 atom stereocenters. The van der Waals surface area contributed by atoms with Crippen LogP contribution in [-0.4, -0.2) is 35.8 Å². The van der Waals surface area contributed by atoms with E-state index >= 15 is 0 Å². The molecule has 0 unspecified atom stereocenters. The van der Waals surface area contributed by atoms with Crippen LogP contribution in [0.5, 0.6) is 0 Å². The number of nitrogens with two attached hydrogens (primary N) is 1. The van der Waals surface area contributed by atoms with Gasteiger partial charge in [-0.1, -0.05) is 11.8 Å². The Balaban J connectivity index is 2.20. The van der Waals surface area contributed by atoms with Crippen LogP contribution in [0.3, 0.4) is 0 Å². The van der Waals surface area contributed by atoms with Crippen LogP contribution in [0.2, 0.25) is 0 Å². The fraction of sp³-hybridized carbons (Fsp3) is 0.100. The first-order valence-electron chi connectivity index (χ1n) is 5.12. The Bertz CT molecular complexity index is 694. The molecule has 3 aromatic heterocycles. The lowest BCUT2D eigenvalue weighted by Crippen LogP contribution is -2.04. The van der Waals surface area contributed by atoms with Crippen molar-refractivity contribution in [2.24, 2.45) is 0 Å². The summed E-state index contributed by atoms with van der Waals surface area (Å²) in [5.74, 6) is 1.24. The minimum atomic E-state index is 0.270. The summed E-state index contributed by atoms with van der Waals surface area (Å²) in [5, 5.41) is 4.84. The Morgan fingerprint density at radius 3 is 2.89 bits per heavy atom. The second-order valence-corrected chi connectivity index (χ2v) is 4.23. The van der Waals surface area contributed by atoms with E-state index in [-0.39, 0.29) is 5.95 Å². The van der Waals surface area contributed by atoms with Gasteiger partial charge in [-0.15, -0.1) is 5.10 Å². The van der Waals surface area contributed by atoms with Gasteiger partial charge in [-0.3, -0.25) is 4.98 Å². The first kappa shape index (κ1) is 10.9. The van der Waals surface area contributed by atoms with Crippen molar-refractivity contribution in [1.29, 1.82) is 0 Å². The second-order valence-electron chi connectivity index (χ2n) is 3.46. The molecule has 7 nitrogen and oxygen atoms in total. The third kappa shape index (κ3) is 1.76. The number of rotatable bonds is 2. The SMILES string of the molecule is CSc1nc(N)n2nc(-c3cccnc3)nc2n1. The number of hydrogen-bond acceptors (Lipinski definition) is 7. The van der Waals surface area contributed by atoms with Crippen LogP contribution < -0.4 is 5.73 Å². The Morgan fingerprint density at radius 2 is 2.17 bits per heavy atom. The van der Waals surface area contributed by atoms with Crippen LogP contribution in [0.25, 0.3) is 17.2 Å². The first-order valence-corrected chi connectivity index (χ1v) is 6.35. The molecule has 0 saturated heterocycles. The summed E-state index contributed by atoms with van der Waals surface area (Å²) in [7, 11) is 0. The predicted octanol–water partition coefficient (Wildman–Crippen LogP) is 0.885. The standard InChI is InChI=1S/C10H9N7S/c1-18-10-14-8(11)17-9(15-10)13-7(16-17)6-3-2-4-12-5-6/h2-5H,1H3,(H2,11,13,14,15,16). The van der Waals surface area contributed by atoms with Crippen LogP contribution in [0, 0.1) is 0 Å². The fourth-order valence-electron chi connectivity index (χ4n) is 1.49. The van der Waals surface area contributed by atoms with E-state index in [9.17, 15) is 0 Å². The van der Waals surface area contributed by atoms with Crippen molar-refractivity contribution in [1.82, 2.24) is 29.5 Å². The lowest BCUT2D eigenvalue weighted by Gasteiger charge is -1.97. The monoisotopic (exact) mass is 259 g/mol. The minimum absolute atomic E-state index is 0.270. The molecule has 3 rings (SSSR count). The molecule has 0 radical (unpaired) electrons. The Labute approximate surface area is 107 Å². The lowest BCUT2D eigenvalue weighted by atomic mass is 10.3. The third-order valence-electron chi connectivity index (χ3n) is 2.32. The normalized spacial score (nSPS) is 10.9. The number of nitrogen functional groups attached to an aromatic ring is 1. The quantitative estimate of drug-likeness (QED) is 0.683. The zero-order valence-corrected chi connectivity index (χ0v) is 10.3. The fourth-order valence-corrected chi connectivity index (χ4v) is 1.85. The van der Waals surface area contributed by atoms with Gasteiger partial charge >= 0.3 is 0 Å². The van der Waals surface area contributed by atoms with Gasteiger partial charge < -0.3 is 5.73 Å². The van der Waals surface area contributed by atoms with E-state index in [4.69, 9.17) is 5.73 Å². The van der Waals surface area contributed by atoms with Gasteiger partial charge in [0.05, 0.1) is 0 Å². The maximum atomic E-state index is 5.80. The van der Waals surface area contributed by atoms with Crippen molar-refractivity contribution in [3.8, 4) is 11.4 Å². The molecule has 18 heavy (non-hydrogen) atoms. The summed E-state index contributed by atoms with van der Waals surface area (Å²) in [4.78, 5) is 16.7. The highest BCUT2D eigenvalue weighted by Gasteiger charge is 2.11. The van der Waals surface area contributed by atoms with Gasteiger partial charge in [0.15, 0.2) is 11.0 Å². The zero-order chi connectivity index (χ0) is 12.5. The van der Waals surface area contributed by atoms with Gasteiger partial charge in [-0.25, -0.2) is 0 Å². The number of nitrogens with zero attached hydrogens (tertiary/aromatic N) is 6. The lowest BCUT2D eigenvalue weighted by molar-refractivity contribution is 0.851. The smallest absolute Gasteiger partial charge is 0.258 e. The van der Waals surface area contributed by atoms with E-state index < -0.39 is 0 Å². The molecule has 90 valence electrons. The molecule has 8 heteroatoms. The summed E-state index contributed by atoms with van der Waals surface area (Å²) in [6, 6.07) is 3.70. The Morgan fingerprint density at radius 1 is 1.28 bits per heavy atom. The number of hydrogen-bond donors (Lipinski definition) is 1. The van der Waals surface area contributed by atoms with Crippen LogP contribution in [0.4, 0.5) is 5.95 Å². The summed E-state index contributed by atoms with van der Waals surface area (Å²) in [5.41, 5.74) is 6.62. The van der Waals surface area contributed by atoms with E-state index in [1.54, 1.807) is 12.4 Å². The summed E-state index contributed by atoms with van der Waals surface area (Å²) < 4.78 is 1.42. The van der Waals surface area contributed by atoms with Crippen molar-refractivity contribution >= 4 is 23.5 Å². The summed E-state index contributed by atoms with van der Waals surface area (Å²) >= 11 is 1.41. The van der Waals surface area contributed by atoms with Crippen molar-refractivity contribution in [3.63, 3.8) is 0 Å². The summed E-state index contributed by atoms with van der Waals surface area (Å²) in [6.07, 6.45) is 5.26. The Kier molecular flexibility index (Phi) is 2.56. The van der Waals surface area contributed by atoms with Gasteiger partial charge in [0.1, 0.15) is 0 Å². The van der Waals surface area contributed by atoms with Crippen molar-refractivity contribution in [2.75, 3.05) is 12.0 Å². The van der Waals surface area contributed by atoms with Crippen LogP contribution in [0.15, 0.2) is 29.7 Å². The van der Waals surface area contributed by atoms with Gasteiger partial charge in [-0.2, -0.15) is 19.5 Å². The molecule has 3 aromatic rings.